The molecule has 3 heteroatoms. The largest absolute Gasteiger partial charge is 0.490 e. The summed E-state index contributed by atoms with van der Waals surface area (Å²) in [5, 5.41) is 0. The zero-order valence-corrected chi connectivity index (χ0v) is 11.9. The van der Waals surface area contributed by atoms with Gasteiger partial charge >= 0.3 is 0 Å². The van der Waals surface area contributed by atoms with Gasteiger partial charge in [0, 0.05) is 11.6 Å². The number of nitrogens with two attached hydrogens (primary N) is 1. The molecule has 1 aromatic carbocycles. The van der Waals surface area contributed by atoms with Gasteiger partial charge in [-0.05, 0) is 50.3 Å². The van der Waals surface area contributed by atoms with Crippen LogP contribution in [0.3, 0.4) is 0 Å². The lowest BCUT2D eigenvalue weighted by Crippen LogP contribution is -2.26. The SMILES string of the molecule is CCC1CCCC(Oc2ccc(F)cc2[C@@H](C)N)C1. The van der Waals surface area contributed by atoms with Gasteiger partial charge in [-0.1, -0.05) is 19.8 Å². The Morgan fingerprint density at radius 3 is 2.89 bits per heavy atom. The molecule has 106 valence electrons. The van der Waals surface area contributed by atoms with Gasteiger partial charge in [-0.2, -0.15) is 0 Å². The Morgan fingerprint density at radius 1 is 1.42 bits per heavy atom. The van der Waals surface area contributed by atoms with Gasteiger partial charge in [-0.3, -0.25) is 0 Å². The molecule has 0 saturated heterocycles. The maximum absolute atomic E-state index is 13.3. The fourth-order valence-electron chi connectivity index (χ4n) is 2.88. The summed E-state index contributed by atoms with van der Waals surface area (Å²) in [5.74, 6) is 1.26. The van der Waals surface area contributed by atoms with Gasteiger partial charge in [0.25, 0.3) is 0 Å². The molecule has 2 rings (SSSR count). The zero-order valence-electron chi connectivity index (χ0n) is 11.9. The molecule has 0 aromatic heterocycles. The summed E-state index contributed by atoms with van der Waals surface area (Å²) in [6, 6.07) is 4.43. The molecule has 1 aliphatic carbocycles. The van der Waals surface area contributed by atoms with Crippen molar-refractivity contribution in [2.45, 2.75) is 58.1 Å². The van der Waals surface area contributed by atoms with Gasteiger partial charge in [0.05, 0.1) is 6.10 Å². The van der Waals surface area contributed by atoms with E-state index >= 15 is 0 Å². The van der Waals surface area contributed by atoms with Crippen LogP contribution in [0, 0.1) is 11.7 Å². The van der Waals surface area contributed by atoms with Crippen molar-refractivity contribution in [3.8, 4) is 5.75 Å². The molecule has 0 amide bonds. The Balaban J connectivity index is 2.10. The number of hydrogen-bond donors (Lipinski definition) is 1. The summed E-state index contributed by atoms with van der Waals surface area (Å²) in [6.07, 6.45) is 6.18. The molecule has 0 bridgehead atoms. The van der Waals surface area contributed by atoms with Crippen LogP contribution < -0.4 is 10.5 Å². The van der Waals surface area contributed by atoms with Gasteiger partial charge in [-0.15, -0.1) is 0 Å². The molecule has 0 radical (unpaired) electrons. The van der Waals surface area contributed by atoms with Gasteiger partial charge in [0.1, 0.15) is 11.6 Å². The van der Waals surface area contributed by atoms with Crippen molar-refractivity contribution >= 4 is 0 Å². The van der Waals surface area contributed by atoms with Gasteiger partial charge in [0.2, 0.25) is 0 Å². The van der Waals surface area contributed by atoms with Crippen molar-refractivity contribution in [3.05, 3.63) is 29.6 Å². The second-order valence-electron chi connectivity index (χ2n) is 5.65. The molecular weight excluding hydrogens is 241 g/mol. The Kier molecular flexibility index (Phi) is 4.81. The van der Waals surface area contributed by atoms with Crippen LogP contribution in [-0.4, -0.2) is 6.10 Å². The molecule has 2 unspecified atom stereocenters. The van der Waals surface area contributed by atoms with E-state index in [9.17, 15) is 4.39 Å². The highest BCUT2D eigenvalue weighted by Crippen LogP contribution is 2.32. The Labute approximate surface area is 115 Å². The van der Waals surface area contributed by atoms with E-state index < -0.39 is 0 Å². The molecule has 3 atom stereocenters. The normalized spacial score (nSPS) is 25.1. The molecule has 1 aliphatic rings. The lowest BCUT2D eigenvalue weighted by Gasteiger charge is -2.30. The van der Waals surface area contributed by atoms with E-state index in [4.69, 9.17) is 10.5 Å². The number of ether oxygens (including phenoxy) is 1. The van der Waals surface area contributed by atoms with E-state index in [0.29, 0.717) is 0 Å². The smallest absolute Gasteiger partial charge is 0.124 e. The van der Waals surface area contributed by atoms with Crippen LogP contribution in [0.5, 0.6) is 5.75 Å². The summed E-state index contributed by atoms with van der Waals surface area (Å²) in [5.41, 5.74) is 6.66. The summed E-state index contributed by atoms with van der Waals surface area (Å²) >= 11 is 0. The lowest BCUT2D eigenvalue weighted by atomic mass is 9.85. The van der Waals surface area contributed by atoms with Crippen LogP contribution in [0.2, 0.25) is 0 Å². The van der Waals surface area contributed by atoms with Gasteiger partial charge in [0.15, 0.2) is 0 Å². The first-order valence-corrected chi connectivity index (χ1v) is 7.31. The Morgan fingerprint density at radius 2 is 2.21 bits per heavy atom. The van der Waals surface area contributed by atoms with Crippen molar-refractivity contribution in [2.75, 3.05) is 0 Å². The first-order valence-electron chi connectivity index (χ1n) is 7.31. The summed E-state index contributed by atoms with van der Waals surface area (Å²) in [4.78, 5) is 0. The standard InChI is InChI=1S/C16H24FNO/c1-3-12-5-4-6-14(9-12)19-16-8-7-13(17)10-15(16)11(2)18/h7-8,10-12,14H,3-6,9,18H2,1-2H3/t11-,12?,14?/m1/s1. The minimum Gasteiger partial charge on any atom is -0.490 e. The zero-order chi connectivity index (χ0) is 13.8. The van der Waals surface area contributed by atoms with Crippen LogP contribution in [-0.2, 0) is 0 Å². The second-order valence-corrected chi connectivity index (χ2v) is 5.65. The Bertz CT molecular complexity index is 419. The third kappa shape index (κ3) is 3.69. The molecule has 1 fully saturated rings. The molecule has 2 nitrogen and oxygen atoms in total. The first-order chi connectivity index (χ1) is 9.10. The minimum absolute atomic E-state index is 0.212. The fourth-order valence-corrected chi connectivity index (χ4v) is 2.88. The van der Waals surface area contributed by atoms with Crippen LogP contribution in [0.1, 0.15) is 57.6 Å². The highest BCUT2D eigenvalue weighted by molar-refractivity contribution is 5.36. The van der Waals surface area contributed by atoms with Crippen molar-refractivity contribution in [1.29, 1.82) is 0 Å². The van der Waals surface area contributed by atoms with Crippen LogP contribution in [0.25, 0.3) is 0 Å². The van der Waals surface area contributed by atoms with E-state index in [1.54, 1.807) is 6.07 Å². The summed E-state index contributed by atoms with van der Waals surface area (Å²) in [6.45, 7) is 4.09. The Hall–Kier alpha value is -1.09. The molecule has 0 heterocycles. The minimum atomic E-state index is -0.255. The maximum Gasteiger partial charge on any atom is 0.124 e. The van der Waals surface area contributed by atoms with Crippen LogP contribution >= 0.6 is 0 Å². The first kappa shape index (κ1) is 14.3. The molecule has 1 aromatic rings. The van der Waals surface area contributed by atoms with E-state index in [0.717, 1.165) is 30.1 Å². The predicted molar refractivity (Wildman–Crippen MR) is 75.7 cm³/mol. The number of benzene rings is 1. The van der Waals surface area contributed by atoms with Crippen LogP contribution in [0.4, 0.5) is 4.39 Å². The van der Waals surface area contributed by atoms with E-state index in [-0.39, 0.29) is 18.0 Å². The molecule has 0 spiro atoms. The summed E-state index contributed by atoms with van der Waals surface area (Å²) < 4.78 is 19.4. The number of rotatable bonds is 4. The quantitative estimate of drug-likeness (QED) is 0.885. The van der Waals surface area contributed by atoms with Crippen molar-refractivity contribution < 1.29 is 9.13 Å². The topological polar surface area (TPSA) is 35.2 Å². The second kappa shape index (κ2) is 6.38. The third-order valence-corrected chi connectivity index (χ3v) is 4.07. The highest BCUT2D eigenvalue weighted by Gasteiger charge is 2.23. The molecule has 19 heavy (non-hydrogen) atoms. The van der Waals surface area contributed by atoms with E-state index in [2.05, 4.69) is 6.92 Å². The fraction of sp³-hybridized carbons (Fsp3) is 0.625. The number of halogens is 1. The maximum atomic E-state index is 13.3. The molecular formula is C16H24FNO. The molecule has 0 aliphatic heterocycles. The monoisotopic (exact) mass is 265 g/mol. The average Bonchev–Trinajstić information content (AvgIpc) is 2.41. The third-order valence-electron chi connectivity index (χ3n) is 4.07. The van der Waals surface area contributed by atoms with Gasteiger partial charge in [-0.25, -0.2) is 4.39 Å². The van der Waals surface area contributed by atoms with Crippen LogP contribution in [0.15, 0.2) is 18.2 Å². The average molecular weight is 265 g/mol. The van der Waals surface area contributed by atoms with Crippen molar-refractivity contribution in [1.82, 2.24) is 0 Å². The molecule has 2 N–H and O–H groups in total. The van der Waals surface area contributed by atoms with E-state index in [1.165, 1.54) is 31.4 Å². The predicted octanol–water partition coefficient (Wildman–Crippen LogP) is 4.19. The van der Waals surface area contributed by atoms with Gasteiger partial charge < -0.3 is 10.5 Å². The summed E-state index contributed by atoms with van der Waals surface area (Å²) in [7, 11) is 0. The highest BCUT2D eigenvalue weighted by atomic mass is 19.1. The van der Waals surface area contributed by atoms with E-state index in [1.807, 2.05) is 6.92 Å². The molecule has 1 saturated carbocycles. The van der Waals surface area contributed by atoms with Crippen molar-refractivity contribution in [3.63, 3.8) is 0 Å². The number of hydrogen-bond acceptors (Lipinski definition) is 2. The van der Waals surface area contributed by atoms with Crippen molar-refractivity contribution in [2.24, 2.45) is 11.7 Å². The lowest BCUT2D eigenvalue weighted by molar-refractivity contribution is 0.120.